The molecule has 0 amide bonds. The molecule has 2 rings (SSSR count). The van der Waals surface area contributed by atoms with E-state index in [0.29, 0.717) is 5.92 Å². The van der Waals surface area contributed by atoms with Crippen LogP contribution in [0.25, 0.3) is 0 Å². The first-order valence-corrected chi connectivity index (χ1v) is 6.89. The van der Waals surface area contributed by atoms with E-state index in [9.17, 15) is 4.39 Å². The van der Waals surface area contributed by atoms with Crippen LogP contribution in [-0.2, 0) is 6.42 Å². The molecule has 1 saturated heterocycles. The molecule has 0 radical (unpaired) electrons. The third-order valence-electron chi connectivity index (χ3n) is 2.74. The van der Waals surface area contributed by atoms with Crippen molar-refractivity contribution in [3.05, 3.63) is 34.1 Å². The summed E-state index contributed by atoms with van der Waals surface area (Å²) >= 11 is 5.29. The van der Waals surface area contributed by atoms with Gasteiger partial charge in [-0.05, 0) is 35.8 Å². The van der Waals surface area contributed by atoms with E-state index in [1.807, 2.05) is 17.8 Å². The second kappa shape index (κ2) is 4.85. The lowest BCUT2D eigenvalue weighted by Gasteiger charge is -2.15. The van der Waals surface area contributed by atoms with E-state index in [1.54, 1.807) is 0 Å². The Bertz CT molecular complexity index is 358. The molecule has 0 bridgehead atoms. The topological polar surface area (TPSA) is 26.0 Å². The SMILES string of the molecule is NC1CSCC1Cc1ccc(F)cc1Br. The zero-order chi connectivity index (χ0) is 10.8. The Morgan fingerprint density at radius 2 is 2.27 bits per heavy atom. The van der Waals surface area contributed by atoms with Gasteiger partial charge in [0.1, 0.15) is 5.82 Å². The summed E-state index contributed by atoms with van der Waals surface area (Å²) in [5, 5.41) is 0. The first-order chi connectivity index (χ1) is 7.16. The normalized spacial score (nSPS) is 25.8. The van der Waals surface area contributed by atoms with Crippen LogP contribution in [0.5, 0.6) is 0 Å². The Morgan fingerprint density at radius 1 is 1.47 bits per heavy atom. The van der Waals surface area contributed by atoms with Crippen LogP contribution < -0.4 is 5.73 Å². The van der Waals surface area contributed by atoms with Gasteiger partial charge >= 0.3 is 0 Å². The molecular formula is C11H13BrFNS. The van der Waals surface area contributed by atoms with Crippen LogP contribution in [0.4, 0.5) is 4.39 Å². The number of halogens is 2. The van der Waals surface area contributed by atoms with Crippen molar-refractivity contribution in [2.75, 3.05) is 11.5 Å². The quantitative estimate of drug-likeness (QED) is 0.906. The monoisotopic (exact) mass is 289 g/mol. The van der Waals surface area contributed by atoms with E-state index in [0.717, 1.165) is 28.0 Å². The molecule has 1 aliphatic rings. The predicted octanol–water partition coefficient (Wildman–Crippen LogP) is 2.82. The van der Waals surface area contributed by atoms with Gasteiger partial charge in [0.05, 0.1) is 0 Å². The van der Waals surface area contributed by atoms with Crippen molar-refractivity contribution < 1.29 is 4.39 Å². The summed E-state index contributed by atoms with van der Waals surface area (Å²) in [6, 6.07) is 5.15. The molecule has 82 valence electrons. The van der Waals surface area contributed by atoms with Gasteiger partial charge in [-0.15, -0.1) is 0 Å². The molecule has 2 N–H and O–H groups in total. The lowest BCUT2D eigenvalue weighted by molar-refractivity contribution is 0.513. The molecule has 0 spiro atoms. The van der Waals surface area contributed by atoms with Crippen molar-refractivity contribution in [3.63, 3.8) is 0 Å². The second-order valence-electron chi connectivity index (χ2n) is 3.90. The molecule has 0 saturated carbocycles. The van der Waals surface area contributed by atoms with Gasteiger partial charge < -0.3 is 5.73 Å². The van der Waals surface area contributed by atoms with Gasteiger partial charge in [0, 0.05) is 16.3 Å². The largest absolute Gasteiger partial charge is 0.327 e. The zero-order valence-electron chi connectivity index (χ0n) is 8.25. The Kier molecular flexibility index (Phi) is 3.69. The van der Waals surface area contributed by atoms with E-state index in [2.05, 4.69) is 15.9 Å². The maximum Gasteiger partial charge on any atom is 0.124 e. The molecule has 1 heterocycles. The highest BCUT2D eigenvalue weighted by Crippen LogP contribution is 2.28. The second-order valence-corrected chi connectivity index (χ2v) is 5.83. The van der Waals surface area contributed by atoms with E-state index in [4.69, 9.17) is 5.73 Å². The maximum absolute atomic E-state index is 12.9. The van der Waals surface area contributed by atoms with Crippen molar-refractivity contribution >= 4 is 27.7 Å². The molecule has 1 aliphatic heterocycles. The summed E-state index contributed by atoms with van der Waals surface area (Å²) in [4.78, 5) is 0. The molecular weight excluding hydrogens is 277 g/mol. The fourth-order valence-electron chi connectivity index (χ4n) is 1.80. The molecule has 1 fully saturated rings. The molecule has 2 unspecified atom stereocenters. The highest BCUT2D eigenvalue weighted by atomic mass is 79.9. The number of rotatable bonds is 2. The first kappa shape index (κ1) is 11.4. The van der Waals surface area contributed by atoms with Crippen molar-refractivity contribution in [2.24, 2.45) is 11.7 Å². The lowest BCUT2D eigenvalue weighted by atomic mass is 9.96. The summed E-state index contributed by atoms with van der Waals surface area (Å²) < 4.78 is 13.7. The molecule has 1 nitrogen and oxygen atoms in total. The Balaban J connectivity index is 2.10. The van der Waals surface area contributed by atoms with Gasteiger partial charge in [0.15, 0.2) is 0 Å². The van der Waals surface area contributed by atoms with Gasteiger partial charge in [-0.1, -0.05) is 22.0 Å². The summed E-state index contributed by atoms with van der Waals surface area (Å²) in [5.74, 6) is 2.49. The average Bonchev–Trinajstić information content (AvgIpc) is 2.57. The smallest absolute Gasteiger partial charge is 0.124 e. The van der Waals surface area contributed by atoms with Gasteiger partial charge in [0.2, 0.25) is 0 Å². The van der Waals surface area contributed by atoms with Crippen LogP contribution in [0.15, 0.2) is 22.7 Å². The lowest BCUT2D eigenvalue weighted by Crippen LogP contribution is -2.29. The standard InChI is InChI=1S/C11H13BrFNS/c12-10-4-9(13)2-1-7(10)3-8-5-15-6-11(8)14/h1-2,4,8,11H,3,5-6,14H2. The van der Waals surface area contributed by atoms with Gasteiger partial charge in [-0.3, -0.25) is 0 Å². The predicted molar refractivity (Wildman–Crippen MR) is 66.6 cm³/mol. The number of nitrogens with two attached hydrogens (primary N) is 1. The van der Waals surface area contributed by atoms with E-state index in [-0.39, 0.29) is 11.9 Å². The molecule has 4 heteroatoms. The molecule has 2 atom stereocenters. The third kappa shape index (κ3) is 2.74. The summed E-state index contributed by atoms with van der Waals surface area (Å²) in [5.41, 5.74) is 7.15. The van der Waals surface area contributed by atoms with Crippen LogP contribution in [0, 0.1) is 11.7 Å². The van der Waals surface area contributed by atoms with Gasteiger partial charge in [-0.25, -0.2) is 4.39 Å². The van der Waals surface area contributed by atoms with Crippen molar-refractivity contribution in [3.8, 4) is 0 Å². The van der Waals surface area contributed by atoms with Crippen molar-refractivity contribution in [1.29, 1.82) is 0 Å². The van der Waals surface area contributed by atoms with Crippen LogP contribution >= 0.6 is 27.7 Å². The highest BCUT2D eigenvalue weighted by molar-refractivity contribution is 9.10. The van der Waals surface area contributed by atoms with Crippen LogP contribution in [0.3, 0.4) is 0 Å². The number of hydrogen-bond donors (Lipinski definition) is 1. The molecule has 15 heavy (non-hydrogen) atoms. The maximum atomic E-state index is 12.9. The highest BCUT2D eigenvalue weighted by Gasteiger charge is 2.25. The Hall–Kier alpha value is -0.0600. The summed E-state index contributed by atoms with van der Waals surface area (Å²) in [6.45, 7) is 0. The minimum atomic E-state index is -0.198. The van der Waals surface area contributed by atoms with E-state index >= 15 is 0 Å². The van der Waals surface area contributed by atoms with E-state index in [1.165, 1.54) is 12.1 Å². The Labute approximate surface area is 102 Å². The van der Waals surface area contributed by atoms with Crippen LogP contribution in [-0.4, -0.2) is 17.5 Å². The van der Waals surface area contributed by atoms with Crippen molar-refractivity contribution in [2.45, 2.75) is 12.5 Å². The average molecular weight is 290 g/mol. The first-order valence-electron chi connectivity index (χ1n) is 4.94. The van der Waals surface area contributed by atoms with Gasteiger partial charge in [-0.2, -0.15) is 11.8 Å². The third-order valence-corrected chi connectivity index (χ3v) is 4.77. The van der Waals surface area contributed by atoms with E-state index < -0.39 is 0 Å². The van der Waals surface area contributed by atoms with Crippen molar-refractivity contribution in [1.82, 2.24) is 0 Å². The van der Waals surface area contributed by atoms with Gasteiger partial charge in [0.25, 0.3) is 0 Å². The minimum absolute atomic E-state index is 0.198. The number of benzene rings is 1. The number of thioether (sulfide) groups is 1. The molecule has 0 aliphatic carbocycles. The molecule has 1 aromatic rings. The summed E-state index contributed by atoms with van der Waals surface area (Å²) in [6.07, 6.45) is 0.940. The van der Waals surface area contributed by atoms with Crippen LogP contribution in [0.2, 0.25) is 0 Å². The zero-order valence-corrected chi connectivity index (χ0v) is 10.7. The fourth-order valence-corrected chi connectivity index (χ4v) is 3.66. The van der Waals surface area contributed by atoms with Crippen LogP contribution in [0.1, 0.15) is 5.56 Å². The Morgan fingerprint density at radius 3 is 2.87 bits per heavy atom. The fraction of sp³-hybridized carbons (Fsp3) is 0.455. The summed E-state index contributed by atoms with van der Waals surface area (Å²) in [7, 11) is 0. The molecule has 1 aromatic carbocycles. The number of hydrogen-bond acceptors (Lipinski definition) is 2. The molecule has 0 aromatic heterocycles. The minimum Gasteiger partial charge on any atom is -0.327 e.